The number of alkyl halides is 3. The molecule has 1 aromatic heterocycles. The molecule has 0 amide bonds. The molecule has 0 spiro atoms. The quantitative estimate of drug-likeness (QED) is 0.199. The number of aliphatic carboxylic acids is 1. The van der Waals surface area contributed by atoms with Crippen LogP contribution in [0.2, 0.25) is 0 Å². The van der Waals surface area contributed by atoms with Crippen molar-refractivity contribution in [1.29, 1.82) is 0 Å². The third-order valence-corrected chi connectivity index (χ3v) is 8.45. The number of nitrogens with zero attached hydrogens (tertiary/aromatic N) is 1. The van der Waals surface area contributed by atoms with Crippen LogP contribution in [0.25, 0.3) is 10.6 Å². The molecule has 0 aliphatic rings. The predicted octanol–water partition coefficient (Wildman–Crippen LogP) is 8.24. The van der Waals surface area contributed by atoms with Crippen molar-refractivity contribution in [2.24, 2.45) is 0 Å². The summed E-state index contributed by atoms with van der Waals surface area (Å²) in [6.07, 6.45) is -2.87. The van der Waals surface area contributed by atoms with Crippen LogP contribution in [0.4, 0.5) is 13.2 Å². The van der Waals surface area contributed by atoms with Crippen molar-refractivity contribution < 1.29 is 27.8 Å². The van der Waals surface area contributed by atoms with Crippen LogP contribution < -0.4 is 4.74 Å². The molecular formula is C29H26F3NO3S2. The minimum atomic E-state index is -4.38. The largest absolute Gasteiger partial charge is 0.482 e. The van der Waals surface area contributed by atoms with Gasteiger partial charge in [-0.25, -0.2) is 9.78 Å². The van der Waals surface area contributed by atoms with E-state index in [0.29, 0.717) is 22.7 Å². The molecule has 0 bridgehead atoms. The maximum Gasteiger partial charge on any atom is 0.416 e. The number of carboxylic acid groups (broad SMARTS) is 1. The van der Waals surface area contributed by atoms with E-state index in [2.05, 4.69) is 19.1 Å². The third-order valence-electron chi connectivity index (χ3n) is 5.86. The summed E-state index contributed by atoms with van der Waals surface area (Å²) in [5.74, 6) is -0.510. The molecule has 0 saturated carbocycles. The maximum atomic E-state index is 13.0. The van der Waals surface area contributed by atoms with Gasteiger partial charge in [0.05, 0.1) is 11.3 Å². The number of halogens is 3. The fraction of sp³-hybridized carbons (Fsp3) is 0.241. The first-order valence-corrected chi connectivity index (χ1v) is 13.6. The molecule has 9 heteroatoms. The Morgan fingerprint density at radius 2 is 1.76 bits per heavy atom. The number of thiazole rings is 1. The van der Waals surface area contributed by atoms with E-state index >= 15 is 0 Å². The van der Waals surface area contributed by atoms with Crippen LogP contribution in [-0.4, -0.2) is 22.7 Å². The van der Waals surface area contributed by atoms with Crippen LogP contribution in [-0.2, 0) is 23.8 Å². The number of carbonyl (C=O) groups is 1. The number of carboxylic acids is 1. The molecular weight excluding hydrogens is 531 g/mol. The van der Waals surface area contributed by atoms with Gasteiger partial charge >= 0.3 is 12.1 Å². The zero-order valence-corrected chi connectivity index (χ0v) is 22.4. The van der Waals surface area contributed by atoms with E-state index in [0.717, 1.165) is 39.6 Å². The monoisotopic (exact) mass is 557 g/mol. The van der Waals surface area contributed by atoms with Gasteiger partial charge in [0.1, 0.15) is 10.8 Å². The van der Waals surface area contributed by atoms with Crippen LogP contribution >= 0.6 is 23.1 Å². The predicted molar refractivity (Wildman–Crippen MR) is 145 cm³/mol. The van der Waals surface area contributed by atoms with Crippen LogP contribution in [0.3, 0.4) is 0 Å². The van der Waals surface area contributed by atoms with E-state index in [4.69, 9.17) is 14.8 Å². The smallest absolute Gasteiger partial charge is 0.416 e. The van der Waals surface area contributed by atoms with Gasteiger partial charge in [-0.2, -0.15) is 13.2 Å². The second-order valence-corrected chi connectivity index (χ2v) is 11.2. The molecule has 1 atom stereocenters. The first-order valence-electron chi connectivity index (χ1n) is 11.9. The Labute approximate surface area is 227 Å². The molecule has 38 heavy (non-hydrogen) atoms. The first kappa shape index (κ1) is 27.7. The Balaban J connectivity index is 1.58. The van der Waals surface area contributed by atoms with E-state index in [1.54, 1.807) is 17.8 Å². The summed E-state index contributed by atoms with van der Waals surface area (Å²) in [5.41, 5.74) is 2.94. The number of hydrogen-bond donors (Lipinski definition) is 1. The minimum Gasteiger partial charge on any atom is -0.482 e. The van der Waals surface area contributed by atoms with E-state index in [1.807, 2.05) is 37.3 Å². The van der Waals surface area contributed by atoms with Gasteiger partial charge in [-0.05, 0) is 68.1 Å². The molecule has 4 aromatic rings. The highest BCUT2D eigenvalue weighted by atomic mass is 32.2. The van der Waals surface area contributed by atoms with Crippen molar-refractivity contribution in [2.75, 3.05) is 6.61 Å². The van der Waals surface area contributed by atoms with Crippen LogP contribution in [0, 0.1) is 6.92 Å². The number of rotatable bonds is 10. The van der Waals surface area contributed by atoms with Gasteiger partial charge in [0.15, 0.2) is 6.61 Å². The van der Waals surface area contributed by atoms with Gasteiger partial charge in [-0.1, -0.05) is 42.5 Å². The number of aryl methyl sites for hydroxylation is 3. The van der Waals surface area contributed by atoms with Gasteiger partial charge in [-0.3, -0.25) is 0 Å². The summed E-state index contributed by atoms with van der Waals surface area (Å²) in [5, 5.41) is 9.58. The lowest BCUT2D eigenvalue weighted by Gasteiger charge is -2.13. The molecule has 0 fully saturated rings. The van der Waals surface area contributed by atoms with Crippen LogP contribution in [0.15, 0.2) is 77.7 Å². The molecule has 1 heterocycles. The summed E-state index contributed by atoms with van der Waals surface area (Å²) >= 11 is 3.15. The van der Waals surface area contributed by atoms with Gasteiger partial charge in [-0.15, -0.1) is 23.1 Å². The summed E-state index contributed by atoms with van der Waals surface area (Å²) in [7, 11) is 0. The number of hydrogen-bond acceptors (Lipinski definition) is 5. The summed E-state index contributed by atoms with van der Waals surface area (Å²) in [4.78, 5) is 17.8. The summed E-state index contributed by atoms with van der Waals surface area (Å²) < 4.78 is 44.5. The molecule has 4 nitrogen and oxygen atoms in total. The van der Waals surface area contributed by atoms with E-state index in [-0.39, 0.29) is 5.25 Å². The second kappa shape index (κ2) is 12.0. The number of benzene rings is 3. The average Bonchev–Trinajstić information content (AvgIpc) is 3.31. The fourth-order valence-electron chi connectivity index (χ4n) is 3.95. The number of thioether (sulfide) groups is 1. The fourth-order valence-corrected chi connectivity index (χ4v) is 6.33. The van der Waals surface area contributed by atoms with Crippen molar-refractivity contribution in [1.82, 2.24) is 4.98 Å². The molecule has 1 N–H and O–H groups in total. The maximum absolute atomic E-state index is 13.0. The minimum absolute atomic E-state index is 0.0339. The molecule has 0 aliphatic carbocycles. The lowest BCUT2D eigenvalue weighted by atomic mass is 10.1. The van der Waals surface area contributed by atoms with Crippen molar-refractivity contribution in [2.45, 2.75) is 43.0 Å². The van der Waals surface area contributed by atoms with Crippen molar-refractivity contribution in [3.63, 3.8) is 0 Å². The standard InChI is InChI=1S/C29H26F3NO3S2/c1-18-16-23(13-15-25(18)36-17-26(34)35)37-19(2)27-24(14-8-20-6-4-3-5-7-20)33-28(38-27)21-9-11-22(12-10-21)29(30,31)32/h3-7,9-13,15-16,19H,8,14,17H2,1-2H3,(H,34,35)/t19-/m0/s1. The van der Waals surface area contributed by atoms with Crippen molar-refractivity contribution in [3.8, 4) is 16.3 Å². The number of aromatic nitrogens is 1. The Hall–Kier alpha value is -3.30. The SMILES string of the molecule is Cc1cc(S[C@@H](C)c2sc(-c3ccc(C(F)(F)F)cc3)nc2CCc2ccccc2)ccc1OCC(=O)O. The molecule has 0 aliphatic heterocycles. The Morgan fingerprint density at radius 1 is 1.05 bits per heavy atom. The zero-order valence-electron chi connectivity index (χ0n) is 20.8. The van der Waals surface area contributed by atoms with Crippen molar-refractivity contribution >= 4 is 29.1 Å². The summed E-state index contributed by atoms with van der Waals surface area (Å²) in [6.45, 7) is 3.56. The van der Waals surface area contributed by atoms with E-state index < -0.39 is 24.3 Å². The third kappa shape index (κ3) is 7.17. The molecule has 198 valence electrons. The van der Waals surface area contributed by atoms with Gasteiger partial charge < -0.3 is 9.84 Å². The van der Waals surface area contributed by atoms with Gasteiger partial charge in [0, 0.05) is 20.6 Å². The first-order chi connectivity index (χ1) is 18.1. The molecule has 0 unspecified atom stereocenters. The molecule has 0 saturated heterocycles. The normalized spacial score (nSPS) is 12.3. The average molecular weight is 558 g/mol. The van der Waals surface area contributed by atoms with Crippen LogP contribution in [0.1, 0.15) is 39.4 Å². The highest BCUT2D eigenvalue weighted by Crippen LogP contribution is 2.43. The van der Waals surface area contributed by atoms with E-state index in [9.17, 15) is 18.0 Å². The van der Waals surface area contributed by atoms with E-state index in [1.165, 1.54) is 29.0 Å². The lowest BCUT2D eigenvalue weighted by molar-refractivity contribution is -0.139. The zero-order chi connectivity index (χ0) is 27.3. The van der Waals surface area contributed by atoms with Crippen LogP contribution in [0.5, 0.6) is 5.75 Å². The highest BCUT2D eigenvalue weighted by Gasteiger charge is 2.30. The summed E-state index contributed by atoms with van der Waals surface area (Å²) in [6, 6.07) is 20.9. The Kier molecular flexibility index (Phi) is 8.79. The van der Waals surface area contributed by atoms with Crippen molar-refractivity contribution in [3.05, 3.63) is 100 Å². The number of ether oxygens (including phenoxy) is 1. The lowest BCUT2D eigenvalue weighted by Crippen LogP contribution is -2.10. The highest BCUT2D eigenvalue weighted by molar-refractivity contribution is 7.99. The molecule has 3 aromatic carbocycles. The van der Waals surface area contributed by atoms with Gasteiger partial charge in [0.2, 0.25) is 0 Å². The Bertz CT molecular complexity index is 1390. The van der Waals surface area contributed by atoms with Gasteiger partial charge in [0.25, 0.3) is 0 Å². The Morgan fingerprint density at radius 3 is 2.39 bits per heavy atom. The topological polar surface area (TPSA) is 59.4 Å². The molecule has 4 rings (SSSR count). The molecule has 0 radical (unpaired) electrons. The second-order valence-electron chi connectivity index (χ2n) is 8.76.